The standard InChI is InChI=1S/C14H24ClN5/c1-19-5-6-20(2)13(10-19)8-12(18-16)7-11-3-4-17-9-14(11)15/h3-4,9,12-13,18H,5-8,10,16H2,1-2H3. The van der Waals surface area contributed by atoms with Crippen LogP contribution in [0.1, 0.15) is 12.0 Å². The maximum absolute atomic E-state index is 6.17. The maximum atomic E-state index is 6.17. The Morgan fingerprint density at radius 3 is 3.00 bits per heavy atom. The van der Waals surface area contributed by atoms with Gasteiger partial charge in [-0.1, -0.05) is 11.6 Å². The van der Waals surface area contributed by atoms with Crippen molar-refractivity contribution < 1.29 is 0 Å². The minimum atomic E-state index is 0.217. The lowest BCUT2D eigenvalue weighted by Crippen LogP contribution is -2.53. The van der Waals surface area contributed by atoms with Gasteiger partial charge in [-0.2, -0.15) is 0 Å². The van der Waals surface area contributed by atoms with Crippen LogP contribution >= 0.6 is 11.6 Å². The maximum Gasteiger partial charge on any atom is 0.0621 e. The first-order valence-electron chi connectivity index (χ1n) is 7.03. The Kier molecular flexibility index (Phi) is 5.74. The third-order valence-electron chi connectivity index (χ3n) is 4.10. The number of pyridine rings is 1. The van der Waals surface area contributed by atoms with Crippen LogP contribution in [0, 0.1) is 0 Å². The molecule has 112 valence electrons. The number of hydrogen-bond donors (Lipinski definition) is 2. The summed E-state index contributed by atoms with van der Waals surface area (Å²) in [6.45, 7) is 3.32. The van der Waals surface area contributed by atoms with Gasteiger partial charge in [0.1, 0.15) is 0 Å². The van der Waals surface area contributed by atoms with Crippen molar-refractivity contribution in [2.24, 2.45) is 5.84 Å². The number of rotatable bonds is 5. The van der Waals surface area contributed by atoms with Crippen LogP contribution in [0.4, 0.5) is 0 Å². The molecule has 2 heterocycles. The van der Waals surface area contributed by atoms with Crippen LogP contribution < -0.4 is 11.3 Å². The summed E-state index contributed by atoms with van der Waals surface area (Å²) in [7, 11) is 4.36. The van der Waals surface area contributed by atoms with Gasteiger partial charge in [-0.25, -0.2) is 0 Å². The SMILES string of the molecule is CN1CCN(C)C(CC(Cc2ccncc2Cl)NN)C1. The molecule has 1 aromatic heterocycles. The summed E-state index contributed by atoms with van der Waals surface area (Å²) in [5.74, 6) is 5.73. The van der Waals surface area contributed by atoms with Crippen molar-refractivity contribution in [3.63, 3.8) is 0 Å². The number of halogens is 1. The molecule has 0 aliphatic carbocycles. The molecule has 5 nitrogen and oxygen atoms in total. The fourth-order valence-electron chi connectivity index (χ4n) is 2.73. The number of nitrogens with two attached hydrogens (primary N) is 1. The van der Waals surface area contributed by atoms with Gasteiger partial charge in [-0.05, 0) is 38.6 Å². The fourth-order valence-corrected chi connectivity index (χ4v) is 2.93. The molecule has 20 heavy (non-hydrogen) atoms. The van der Waals surface area contributed by atoms with Crippen LogP contribution in [0.2, 0.25) is 5.02 Å². The van der Waals surface area contributed by atoms with Crippen LogP contribution in [0.15, 0.2) is 18.5 Å². The van der Waals surface area contributed by atoms with Crippen LogP contribution in [-0.2, 0) is 6.42 Å². The quantitative estimate of drug-likeness (QED) is 0.620. The molecule has 2 atom stereocenters. The smallest absolute Gasteiger partial charge is 0.0621 e. The number of nitrogens with one attached hydrogen (secondary N) is 1. The summed E-state index contributed by atoms with van der Waals surface area (Å²) in [6, 6.07) is 2.70. The lowest BCUT2D eigenvalue weighted by Gasteiger charge is -2.39. The molecule has 2 unspecified atom stereocenters. The summed E-state index contributed by atoms with van der Waals surface area (Å²) in [6.07, 6.45) is 5.29. The van der Waals surface area contributed by atoms with Crippen LogP contribution in [0.25, 0.3) is 0 Å². The van der Waals surface area contributed by atoms with E-state index in [-0.39, 0.29) is 6.04 Å². The van der Waals surface area contributed by atoms with Gasteiger partial charge in [0.15, 0.2) is 0 Å². The lowest BCUT2D eigenvalue weighted by molar-refractivity contribution is 0.101. The third kappa shape index (κ3) is 4.14. The molecule has 1 aromatic rings. The van der Waals surface area contributed by atoms with Gasteiger partial charge in [0.2, 0.25) is 0 Å². The summed E-state index contributed by atoms with van der Waals surface area (Å²) in [5.41, 5.74) is 4.03. The minimum absolute atomic E-state index is 0.217. The Labute approximate surface area is 126 Å². The summed E-state index contributed by atoms with van der Waals surface area (Å²) >= 11 is 6.17. The van der Waals surface area contributed by atoms with Crippen LogP contribution in [-0.4, -0.2) is 60.6 Å². The van der Waals surface area contributed by atoms with Crippen LogP contribution in [0.3, 0.4) is 0 Å². The topological polar surface area (TPSA) is 57.4 Å². The Hall–Kier alpha value is -0.720. The van der Waals surface area contributed by atoms with Crippen LogP contribution in [0.5, 0.6) is 0 Å². The van der Waals surface area contributed by atoms with Crippen molar-refractivity contribution >= 4 is 11.6 Å². The van der Waals surface area contributed by atoms with Gasteiger partial charge in [0.05, 0.1) is 5.02 Å². The van der Waals surface area contributed by atoms with E-state index in [1.807, 2.05) is 6.07 Å². The van der Waals surface area contributed by atoms with Crippen molar-refractivity contribution in [3.8, 4) is 0 Å². The van der Waals surface area contributed by atoms with E-state index in [1.54, 1.807) is 12.4 Å². The zero-order valence-electron chi connectivity index (χ0n) is 12.2. The number of hydrazine groups is 1. The Balaban J connectivity index is 1.96. The first-order chi connectivity index (χ1) is 9.60. The summed E-state index contributed by atoms with van der Waals surface area (Å²) in [5, 5.41) is 0.710. The van der Waals surface area contributed by atoms with Crippen molar-refractivity contribution in [3.05, 3.63) is 29.0 Å². The molecule has 1 fully saturated rings. The molecule has 0 radical (unpaired) electrons. The molecule has 3 N–H and O–H groups in total. The molecule has 0 bridgehead atoms. The number of aromatic nitrogens is 1. The van der Waals surface area contributed by atoms with Crippen molar-refractivity contribution in [2.45, 2.75) is 24.9 Å². The van der Waals surface area contributed by atoms with Gasteiger partial charge < -0.3 is 9.80 Å². The normalized spacial score (nSPS) is 22.9. The molecular weight excluding hydrogens is 274 g/mol. The van der Waals surface area contributed by atoms with Gasteiger partial charge in [0.25, 0.3) is 0 Å². The van der Waals surface area contributed by atoms with Crippen molar-refractivity contribution in [1.29, 1.82) is 0 Å². The molecule has 1 aliphatic heterocycles. The molecule has 0 amide bonds. The fraction of sp³-hybridized carbons (Fsp3) is 0.643. The third-order valence-corrected chi connectivity index (χ3v) is 4.44. The van der Waals surface area contributed by atoms with Crippen molar-refractivity contribution in [2.75, 3.05) is 33.7 Å². The second-order valence-corrected chi connectivity index (χ2v) is 6.07. The first-order valence-corrected chi connectivity index (χ1v) is 7.41. The van der Waals surface area contributed by atoms with E-state index in [0.29, 0.717) is 11.1 Å². The van der Waals surface area contributed by atoms with E-state index in [0.717, 1.165) is 38.0 Å². The lowest BCUT2D eigenvalue weighted by atomic mass is 9.98. The first kappa shape index (κ1) is 15.7. The van der Waals surface area contributed by atoms with E-state index < -0.39 is 0 Å². The average Bonchev–Trinajstić information content (AvgIpc) is 2.44. The van der Waals surface area contributed by atoms with E-state index in [9.17, 15) is 0 Å². The number of likely N-dealkylation sites (N-methyl/N-ethyl adjacent to an activating group) is 2. The molecule has 0 saturated carbocycles. The highest BCUT2D eigenvalue weighted by Crippen LogP contribution is 2.18. The zero-order valence-corrected chi connectivity index (χ0v) is 13.0. The van der Waals surface area contributed by atoms with Gasteiger partial charge in [-0.3, -0.25) is 16.3 Å². The molecule has 6 heteroatoms. The van der Waals surface area contributed by atoms with E-state index in [1.165, 1.54) is 0 Å². The molecule has 0 aromatic carbocycles. The van der Waals surface area contributed by atoms with Gasteiger partial charge >= 0.3 is 0 Å². The Morgan fingerprint density at radius 1 is 1.50 bits per heavy atom. The molecule has 2 rings (SSSR count). The number of piperazine rings is 1. The van der Waals surface area contributed by atoms with E-state index >= 15 is 0 Å². The van der Waals surface area contributed by atoms with E-state index in [2.05, 4.69) is 34.3 Å². The Bertz CT molecular complexity index is 428. The summed E-state index contributed by atoms with van der Waals surface area (Å²) in [4.78, 5) is 8.81. The molecule has 1 saturated heterocycles. The monoisotopic (exact) mass is 297 g/mol. The molecule has 0 spiro atoms. The Morgan fingerprint density at radius 2 is 2.30 bits per heavy atom. The number of nitrogens with zero attached hydrogens (tertiary/aromatic N) is 3. The largest absolute Gasteiger partial charge is 0.304 e. The molecule has 1 aliphatic rings. The zero-order chi connectivity index (χ0) is 14.5. The van der Waals surface area contributed by atoms with Gasteiger partial charge in [0, 0.05) is 44.1 Å². The second-order valence-electron chi connectivity index (χ2n) is 5.67. The molecular formula is C14H24ClN5. The highest BCUT2D eigenvalue weighted by Gasteiger charge is 2.25. The predicted octanol–water partition coefficient (Wildman–Crippen LogP) is 0.745. The minimum Gasteiger partial charge on any atom is -0.304 e. The van der Waals surface area contributed by atoms with Crippen molar-refractivity contribution in [1.82, 2.24) is 20.2 Å². The van der Waals surface area contributed by atoms with Gasteiger partial charge in [-0.15, -0.1) is 0 Å². The second kappa shape index (κ2) is 7.33. The highest BCUT2D eigenvalue weighted by atomic mass is 35.5. The van der Waals surface area contributed by atoms with E-state index in [4.69, 9.17) is 17.4 Å². The summed E-state index contributed by atoms with van der Waals surface area (Å²) < 4.78 is 0. The predicted molar refractivity (Wildman–Crippen MR) is 82.6 cm³/mol. The number of hydrogen-bond acceptors (Lipinski definition) is 5. The highest BCUT2D eigenvalue weighted by molar-refractivity contribution is 6.31. The average molecular weight is 298 g/mol.